The predicted molar refractivity (Wildman–Crippen MR) is 89.4 cm³/mol. The van der Waals surface area contributed by atoms with Crippen molar-refractivity contribution in [3.8, 4) is 0 Å². The first-order valence-electron chi connectivity index (χ1n) is 8.27. The van der Waals surface area contributed by atoms with Gasteiger partial charge in [-0.3, -0.25) is 0 Å². The van der Waals surface area contributed by atoms with E-state index in [2.05, 4.69) is 20.7 Å². The van der Waals surface area contributed by atoms with E-state index in [1.807, 2.05) is 31.2 Å². The molecule has 1 saturated heterocycles. The van der Waals surface area contributed by atoms with Crippen LogP contribution in [0, 0.1) is 0 Å². The summed E-state index contributed by atoms with van der Waals surface area (Å²) < 4.78 is 7.36. The van der Waals surface area contributed by atoms with Crippen LogP contribution in [0.2, 0.25) is 0 Å². The molecule has 0 aliphatic carbocycles. The summed E-state index contributed by atoms with van der Waals surface area (Å²) in [7, 11) is 0. The van der Waals surface area contributed by atoms with E-state index < -0.39 is 0 Å². The van der Waals surface area contributed by atoms with E-state index in [1.165, 1.54) is 6.33 Å². The molecule has 2 atom stereocenters. The lowest BCUT2D eigenvalue weighted by Crippen LogP contribution is -2.45. The van der Waals surface area contributed by atoms with Gasteiger partial charge in [0.25, 0.3) is 0 Å². The number of benzene rings is 1. The van der Waals surface area contributed by atoms with E-state index in [-0.39, 0.29) is 18.2 Å². The number of urea groups is 1. The molecule has 2 amide bonds. The molecular weight excluding hydrogens is 306 g/mol. The number of hydrogen-bond donors (Lipinski definition) is 2. The molecule has 7 nitrogen and oxygen atoms in total. The number of hydrogen-bond acceptors (Lipinski definition) is 4. The Morgan fingerprint density at radius 2 is 2.25 bits per heavy atom. The van der Waals surface area contributed by atoms with Gasteiger partial charge in [-0.05, 0) is 30.9 Å². The summed E-state index contributed by atoms with van der Waals surface area (Å²) in [5, 5.41) is 10.0. The molecule has 1 aliphatic rings. The van der Waals surface area contributed by atoms with Crippen LogP contribution in [-0.2, 0) is 17.8 Å². The average Bonchev–Trinajstić information content (AvgIpc) is 3.27. The minimum absolute atomic E-state index is 0.0119. The van der Waals surface area contributed by atoms with Crippen molar-refractivity contribution < 1.29 is 9.53 Å². The SMILES string of the molecule is CC(NC(=O)NCc1ccccc1Cn1cncn1)C1CCCO1. The first-order chi connectivity index (χ1) is 11.7. The Morgan fingerprint density at radius 3 is 2.96 bits per heavy atom. The fraction of sp³-hybridized carbons (Fsp3) is 0.471. The molecule has 0 spiro atoms. The molecule has 1 aromatic carbocycles. The predicted octanol–water partition coefficient (Wildman–Crippen LogP) is 1.69. The van der Waals surface area contributed by atoms with Gasteiger partial charge in [0, 0.05) is 13.2 Å². The van der Waals surface area contributed by atoms with Crippen LogP contribution in [0.5, 0.6) is 0 Å². The number of aromatic nitrogens is 3. The van der Waals surface area contributed by atoms with Crippen LogP contribution in [0.1, 0.15) is 30.9 Å². The maximum Gasteiger partial charge on any atom is 0.315 e. The highest BCUT2D eigenvalue weighted by Crippen LogP contribution is 2.15. The summed E-state index contributed by atoms with van der Waals surface area (Å²) in [6.07, 6.45) is 5.38. The van der Waals surface area contributed by atoms with Crippen LogP contribution in [0.15, 0.2) is 36.9 Å². The molecule has 0 saturated carbocycles. The number of rotatable bonds is 6. The highest BCUT2D eigenvalue weighted by molar-refractivity contribution is 5.74. The zero-order valence-corrected chi connectivity index (χ0v) is 13.8. The molecule has 1 fully saturated rings. The van der Waals surface area contributed by atoms with Crippen LogP contribution in [0.25, 0.3) is 0 Å². The molecule has 2 unspecified atom stereocenters. The molecule has 2 N–H and O–H groups in total. The molecule has 0 radical (unpaired) electrons. The van der Waals surface area contributed by atoms with Gasteiger partial charge in [0.1, 0.15) is 12.7 Å². The average molecular weight is 329 g/mol. The van der Waals surface area contributed by atoms with Gasteiger partial charge >= 0.3 is 6.03 Å². The molecule has 24 heavy (non-hydrogen) atoms. The fourth-order valence-corrected chi connectivity index (χ4v) is 2.90. The summed E-state index contributed by atoms with van der Waals surface area (Å²) in [4.78, 5) is 16.1. The summed E-state index contributed by atoms with van der Waals surface area (Å²) in [5.74, 6) is 0. The van der Waals surface area contributed by atoms with Gasteiger partial charge in [0.05, 0.1) is 18.7 Å². The zero-order chi connectivity index (χ0) is 16.8. The molecule has 3 rings (SSSR count). The van der Waals surface area contributed by atoms with Gasteiger partial charge in [-0.25, -0.2) is 14.5 Å². The highest BCUT2D eigenvalue weighted by atomic mass is 16.5. The van der Waals surface area contributed by atoms with Gasteiger partial charge in [-0.15, -0.1) is 0 Å². The third-order valence-electron chi connectivity index (χ3n) is 4.24. The van der Waals surface area contributed by atoms with Crippen molar-refractivity contribution >= 4 is 6.03 Å². The van der Waals surface area contributed by atoms with E-state index in [4.69, 9.17) is 4.74 Å². The number of carbonyl (C=O) groups excluding carboxylic acids is 1. The Labute approximate surface area is 141 Å². The third-order valence-corrected chi connectivity index (χ3v) is 4.24. The number of ether oxygens (including phenoxy) is 1. The Kier molecular flexibility index (Phi) is 5.43. The lowest BCUT2D eigenvalue weighted by atomic mass is 10.1. The number of carbonyl (C=O) groups is 1. The van der Waals surface area contributed by atoms with Crippen molar-refractivity contribution in [3.05, 3.63) is 48.0 Å². The van der Waals surface area contributed by atoms with Crippen molar-refractivity contribution in [1.82, 2.24) is 25.4 Å². The normalized spacial score (nSPS) is 18.3. The number of nitrogens with one attached hydrogen (secondary N) is 2. The second kappa shape index (κ2) is 7.92. The molecule has 2 heterocycles. The largest absolute Gasteiger partial charge is 0.376 e. The van der Waals surface area contributed by atoms with E-state index in [9.17, 15) is 4.79 Å². The van der Waals surface area contributed by atoms with Crippen LogP contribution >= 0.6 is 0 Å². The molecule has 128 valence electrons. The van der Waals surface area contributed by atoms with Gasteiger partial charge in [-0.1, -0.05) is 24.3 Å². The van der Waals surface area contributed by atoms with Crippen LogP contribution < -0.4 is 10.6 Å². The van der Waals surface area contributed by atoms with Crippen LogP contribution in [-0.4, -0.2) is 39.5 Å². The third kappa shape index (κ3) is 4.32. The van der Waals surface area contributed by atoms with Crippen LogP contribution in [0.3, 0.4) is 0 Å². The second-order valence-electron chi connectivity index (χ2n) is 6.03. The summed E-state index contributed by atoms with van der Waals surface area (Å²) in [5.41, 5.74) is 2.17. The molecule has 0 bridgehead atoms. The van der Waals surface area contributed by atoms with E-state index in [0.29, 0.717) is 13.1 Å². The van der Waals surface area contributed by atoms with Crippen molar-refractivity contribution in [2.75, 3.05) is 6.61 Å². The standard InChI is InChI=1S/C17H23N5O2/c1-13(16-7-4-8-24-16)21-17(23)19-9-14-5-2-3-6-15(14)10-22-12-18-11-20-22/h2-3,5-6,11-13,16H,4,7-10H2,1H3,(H2,19,21,23). The maximum absolute atomic E-state index is 12.1. The lowest BCUT2D eigenvalue weighted by molar-refractivity contribution is 0.0860. The minimum atomic E-state index is -0.173. The molecule has 7 heteroatoms. The van der Waals surface area contributed by atoms with Gasteiger partial charge in [0.15, 0.2) is 0 Å². The second-order valence-corrected chi connectivity index (χ2v) is 6.03. The molecular formula is C17H23N5O2. The van der Waals surface area contributed by atoms with Crippen molar-refractivity contribution in [2.45, 2.75) is 45.0 Å². The summed E-state index contributed by atoms with van der Waals surface area (Å²) in [6.45, 7) is 3.86. The Morgan fingerprint density at radius 1 is 1.42 bits per heavy atom. The Balaban J connectivity index is 1.53. The summed E-state index contributed by atoms with van der Waals surface area (Å²) >= 11 is 0. The first-order valence-corrected chi connectivity index (χ1v) is 8.27. The Hall–Kier alpha value is -2.41. The monoisotopic (exact) mass is 329 g/mol. The van der Waals surface area contributed by atoms with Crippen LogP contribution in [0.4, 0.5) is 4.79 Å². The summed E-state index contributed by atoms with van der Waals surface area (Å²) in [6, 6.07) is 7.83. The fourth-order valence-electron chi connectivity index (χ4n) is 2.90. The molecule has 1 aromatic heterocycles. The lowest BCUT2D eigenvalue weighted by Gasteiger charge is -2.20. The van der Waals surface area contributed by atoms with E-state index in [0.717, 1.165) is 30.6 Å². The van der Waals surface area contributed by atoms with Crippen molar-refractivity contribution in [1.29, 1.82) is 0 Å². The zero-order valence-electron chi connectivity index (χ0n) is 13.8. The highest BCUT2D eigenvalue weighted by Gasteiger charge is 2.23. The quantitative estimate of drug-likeness (QED) is 0.845. The van der Waals surface area contributed by atoms with Crippen molar-refractivity contribution in [3.63, 3.8) is 0 Å². The van der Waals surface area contributed by atoms with Crippen molar-refractivity contribution in [2.24, 2.45) is 0 Å². The smallest absolute Gasteiger partial charge is 0.315 e. The first kappa shape index (κ1) is 16.4. The number of amides is 2. The van der Waals surface area contributed by atoms with Gasteiger partial charge in [0.2, 0.25) is 0 Å². The van der Waals surface area contributed by atoms with Gasteiger partial charge < -0.3 is 15.4 Å². The topological polar surface area (TPSA) is 81.1 Å². The Bertz CT molecular complexity index is 653. The molecule has 1 aliphatic heterocycles. The van der Waals surface area contributed by atoms with E-state index in [1.54, 1.807) is 11.0 Å². The minimum Gasteiger partial charge on any atom is -0.376 e. The number of nitrogens with zero attached hydrogens (tertiary/aromatic N) is 3. The molecule has 2 aromatic rings. The van der Waals surface area contributed by atoms with Gasteiger partial charge in [-0.2, -0.15) is 5.10 Å². The van der Waals surface area contributed by atoms with E-state index >= 15 is 0 Å². The maximum atomic E-state index is 12.1.